The standard InChI is InChI=1S/C11H15N3S.2ClH/c1-9-2-3-11(15-9)7-12-5-4-10-6-13-8-14-10;;/h2-3,6,8,12H,4-5,7H2,1H3,(H,13,14);2*1H. The van der Waals surface area contributed by atoms with Crippen LogP contribution in [0.25, 0.3) is 0 Å². The van der Waals surface area contributed by atoms with Crippen molar-refractivity contribution in [1.82, 2.24) is 15.3 Å². The maximum Gasteiger partial charge on any atom is 0.0921 e. The number of rotatable bonds is 5. The summed E-state index contributed by atoms with van der Waals surface area (Å²) < 4.78 is 0. The van der Waals surface area contributed by atoms with Gasteiger partial charge in [-0.3, -0.25) is 0 Å². The molecule has 0 unspecified atom stereocenters. The summed E-state index contributed by atoms with van der Waals surface area (Å²) in [7, 11) is 0. The molecule has 0 atom stereocenters. The molecule has 0 saturated carbocycles. The molecule has 0 fully saturated rings. The number of imidazole rings is 1. The van der Waals surface area contributed by atoms with Crippen LogP contribution in [0.5, 0.6) is 0 Å². The molecule has 6 heteroatoms. The van der Waals surface area contributed by atoms with Crippen LogP contribution in [0, 0.1) is 6.92 Å². The van der Waals surface area contributed by atoms with Crippen LogP contribution in [0.15, 0.2) is 24.7 Å². The van der Waals surface area contributed by atoms with Crippen LogP contribution >= 0.6 is 36.2 Å². The molecule has 96 valence electrons. The number of H-pyrrole nitrogens is 1. The predicted octanol–water partition coefficient (Wildman–Crippen LogP) is 2.96. The van der Waals surface area contributed by atoms with Gasteiger partial charge in [-0.1, -0.05) is 0 Å². The number of aromatic nitrogens is 2. The van der Waals surface area contributed by atoms with Gasteiger partial charge in [0.15, 0.2) is 0 Å². The first kappa shape index (κ1) is 16.4. The lowest BCUT2D eigenvalue weighted by atomic mass is 10.3. The van der Waals surface area contributed by atoms with Crippen molar-refractivity contribution in [2.75, 3.05) is 6.54 Å². The summed E-state index contributed by atoms with van der Waals surface area (Å²) in [4.78, 5) is 9.85. The molecule has 17 heavy (non-hydrogen) atoms. The van der Waals surface area contributed by atoms with Crippen LogP contribution in [0.1, 0.15) is 15.4 Å². The third-order valence-corrected chi connectivity index (χ3v) is 3.22. The average molecular weight is 294 g/mol. The number of hydrogen-bond donors (Lipinski definition) is 2. The first-order chi connectivity index (χ1) is 7.34. The van der Waals surface area contributed by atoms with Gasteiger partial charge in [0.2, 0.25) is 0 Å². The van der Waals surface area contributed by atoms with Gasteiger partial charge in [0.1, 0.15) is 0 Å². The molecule has 0 aliphatic heterocycles. The molecule has 2 aromatic heterocycles. The highest BCUT2D eigenvalue weighted by Crippen LogP contribution is 2.14. The second kappa shape index (κ2) is 8.53. The van der Waals surface area contributed by atoms with Crippen LogP contribution in [0.3, 0.4) is 0 Å². The molecule has 0 spiro atoms. The Morgan fingerprint density at radius 2 is 2.18 bits per heavy atom. The van der Waals surface area contributed by atoms with E-state index in [1.807, 2.05) is 17.5 Å². The molecule has 2 aromatic rings. The number of aromatic amines is 1. The van der Waals surface area contributed by atoms with Crippen molar-refractivity contribution < 1.29 is 0 Å². The smallest absolute Gasteiger partial charge is 0.0921 e. The molecule has 0 amide bonds. The molecule has 0 bridgehead atoms. The number of halogens is 2. The molecule has 2 heterocycles. The lowest BCUT2D eigenvalue weighted by molar-refractivity contribution is 0.687. The normalized spacial score (nSPS) is 9.47. The van der Waals surface area contributed by atoms with E-state index in [4.69, 9.17) is 0 Å². The number of hydrogen-bond acceptors (Lipinski definition) is 3. The number of nitrogens with one attached hydrogen (secondary N) is 2. The quantitative estimate of drug-likeness (QED) is 0.832. The van der Waals surface area contributed by atoms with Crippen LogP contribution < -0.4 is 5.32 Å². The summed E-state index contributed by atoms with van der Waals surface area (Å²) in [6.07, 6.45) is 4.60. The molecule has 3 nitrogen and oxygen atoms in total. The second-order valence-electron chi connectivity index (χ2n) is 3.52. The number of aryl methyl sites for hydroxylation is 1. The summed E-state index contributed by atoms with van der Waals surface area (Å²) in [6, 6.07) is 4.35. The Morgan fingerprint density at radius 3 is 2.76 bits per heavy atom. The van der Waals surface area contributed by atoms with Crippen molar-refractivity contribution in [3.05, 3.63) is 40.1 Å². The van der Waals surface area contributed by atoms with E-state index < -0.39 is 0 Å². The van der Waals surface area contributed by atoms with Gasteiger partial charge in [0, 0.05) is 41.2 Å². The van der Waals surface area contributed by atoms with Gasteiger partial charge in [-0.15, -0.1) is 36.2 Å². The van der Waals surface area contributed by atoms with Crippen molar-refractivity contribution in [2.45, 2.75) is 19.9 Å². The van der Waals surface area contributed by atoms with Crippen LogP contribution in [-0.2, 0) is 13.0 Å². The lowest BCUT2D eigenvalue weighted by Gasteiger charge is -2.00. The summed E-state index contributed by atoms with van der Waals surface area (Å²) in [5, 5.41) is 3.42. The van der Waals surface area contributed by atoms with Gasteiger partial charge in [0.25, 0.3) is 0 Å². The van der Waals surface area contributed by atoms with Gasteiger partial charge < -0.3 is 10.3 Å². The van der Waals surface area contributed by atoms with Crippen molar-refractivity contribution in [3.63, 3.8) is 0 Å². The molecule has 0 radical (unpaired) electrons. The van der Waals surface area contributed by atoms with E-state index in [0.29, 0.717) is 0 Å². The van der Waals surface area contributed by atoms with Crippen molar-refractivity contribution >= 4 is 36.2 Å². The SMILES string of the molecule is Cc1ccc(CNCCc2cnc[nH]2)s1.Cl.Cl. The predicted molar refractivity (Wildman–Crippen MR) is 77.6 cm³/mol. The molecule has 0 aliphatic rings. The molecular weight excluding hydrogens is 277 g/mol. The Kier molecular flexibility index (Phi) is 8.25. The monoisotopic (exact) mass is 293 g/mol. The summed E-state index contributed by atoms with van der Waals surface area (Å²) in [5.41, 5.74) is 1.19. The van der Waals surface area contributed by atoms with Crippen molar-refractivity contribution in [1.29, 1.82) is 0 Å². The topological polar surface area (TPSA) is 40.7 Å². The van der Waals surface area contributed by atoms with Gasteiger partial charge >= 0.3 is 0 Å². The fourth-order valence-electron chi connectivity index (χ4n) is 1.44. The zero-order valence-corrected chi connectivity index (χ0v) is 12.1. The average Bonchev–Trinajstić information content (AvgIpc) is 2.84. The van der Waals surface area contributed by atoms with E-state index in [-0.39, 0.29) is 24.8 Å². The van der Waals surface area contributed by atoms with Crippen LogP contribution in [0.2, 0.25) is 0 Å². The minimum absolute atomic E-state index is 0. The molecule has 0 aromatic carbocycles. The third kappa shape index (κ3) is 5.55. The largest absolute Gasteiger partial charge is 0.348 e. The first-order valence-electron chi connectivity index (χ1n) is 5.08. The van der Waals surface area contributed by atoms with E-state index in [0.717, 1.165) is 19.5 Å². The van der Waals surface area contributed by atoms with Crippen LogP contribution in [-0.4, -0.2) is 16.5 Å². The minimum atomic E-state index is 0. The highest BCUT2D eigenvalue weighted by Gasteiger charge is 1.96. The molecule has 2 rings (SSSR count). The fraction of sp³-hybridized carbons (Fsp3) is 0.364. The van der Waals surface area contributed by atoms with E-state index in [1.54, 1.807) is 6.33 Å². The Balaban J connectivity index is 0.00000128. The zero-order chi connectivity index (χ0) is 10.5. The Hall–Kier alpha value is -0.550. The number of thiophene rings is 1. The Bertz CT molecular complexity index is 401. The number of nitrogens with zero attached hydrogens (tertiary/aromatic N) is 1. The van der Waals surface area contributed by atoms with E-state index >= 15 is 0 Å². The third-order valence-electron chi connectivity index (χ3n) is 2.22. The Morgan fingerprint density at radius 1 is 1.35 bits per heavy atom. The lowest BCUT2D eigenvalue weighted by Crippen LogP contribution is -2.16. The maximum atomic E-state index is 3.98. The fourth-order valence-corrected chi connectivity index (χ4v) is 2.30. The summed E-state index contributed by atoms with van der Waals surface area (Å²) in [6.45, 7) is 4.09. The molecule has 2 N–H and O–H groups in total. The molecular formula is C11H17Cl2N3S. The Labute approximate surface area is 118 Å². The van der Waals surface area contributed by atoms with Crippen LogP contribution in [0.4, 0.5) is 0 Å². The highest BCUT2D eigenvalue weighted by atomic mass is 35.5. The highest BCUT2D eigenvalue weighted by molar-refractivity contribution is 7.11. The summed E-state index contributed by atoms with van der Waals surface area (Å²) in [5.74, 6) is 0. The minimum Gasteiger partial charge on any atom is -0.348 e. The van der Waals surface area contributed by atoms with Gasteiger partial charge in [-0.05, 0) is 19.1 Å². The first-order valence-corrected chi connectivity index (χ1v) is 5.89. The van der Waals surface area contributed by atoms with E-state index in [9.17, 15) is 0 Å². The van der Waals surface area contributed by atoms with Gasteiger partial charge in [0.05, 0.1) is 6.33 Å². The van der Waals surface area contributed by atoms with Crippen molar-refractivity contribution in [3.8, 4) is 0 Å². The van der Waals surface area contributed by atoms with Gasteiger partial charge in [-0.2, -0.15) is 0 Å². The molecule has 0 aliphatic carbocycles. The van der Waals surface area contributed by atoms with Crippen molar-refractivity contribution in [2.24, 2.45) is 0 Å². The summed E-state index contributed by atoms with van der Waals surface area (Å²) >= 11 is 1.85. The molecule has 0 saturated heterocycles. The van der Waals surface area contributed by atoms with E-state index in [2.05, 4.69) is 34.3 Å². The van der Waals surface area contributed by atoms with E-state index in [1.165, 1.54) is 15.4 Å². The maximum absolute atomic E-state index is 3.98. The zero-order valence-electron chi connectivity index (χ0n) is 9.60. The van der Waals surface area contributed by atoms with Gasteiger partial charge in [-0.25, -0.2) is 4.98 Å². The second-order valence-corrected chi connectivity index (χ2v) is 4.89.